The smallest absolute Gasteiger partial charge is 0.387 e. The molecule has 0 aliphatic heterocycles. The third-order valence-electron chi connectivity index (χ3n) is 3.72. The van der Waals surface area contributed by atoms with Crippen molar-refractivity contribution in [3.8, 4) is 11.5 Å². The first-order chi connectivity index (χ1) is 13.1. The Morgan fingerprint density at radius 1 is 1.15 bits per heavy atom. The minimum absolute atomic E-state index is 0.0983. The summed E-state index contributed by atoms with van der Waals surface area (Å²) in [5.41, 5.74) is 0.599. The molecule has 0 bridgehead atoms. The van der Waals surface area contributed by atoms with Crippen LogP contribution in [0.5, 0.6) is 11.5 Å². The maximum atomic E-state index is 12.7. The summed E-state index contributed by atoms with van der Waals surface area (Å²) in [6, 6.07) is 4.95. The molecule has 0 spiro atoms. The standard InChI is InChI=1S/C19H31F2N3O3/c1-4-11-26-16-9-8-15(17(13-16)27-18(20)21)14-24-19(22-2)23-10-6-5-7-12-25-3/h8-9,13,18H,4-7,10-12,14H2,1-3H3,(H2,22,23,24). The van der Waals surface area contributed by atoms with Crippen LogP contribution in [0.1, 0.15) is 38.2 Å². The maximum Gasteiger partial charge on any atom is 0.387 e. The lowest BCUT2D eigenvalue weighted by Gasteiger charge is -2.16. The van der Waals surface area contributed by atoms with Crippen molar-refractivity contribution in [1.82, 2.24) is 10.6 Å². The summed E-state index contributed by atoms with van der Waals surface area (Å²) in [5.74, 6) is 1.21. The van der Waals surface area contributed by atoms with Crippen LogP contribution in [-0.4, -0.2) is 46.5 Å². The van der Waals surface area contributed by atoms with Crippen LogP contribution >= 0.6 is 0 Å². The predicted molar refractivity (Wildman–Crippen MR) is 103 cm³/mol. The van der Waals surface area contributed by atoms with Gasteiger partial charge in [0.2, 0.25) is 0 Å². The van der Waals surface area contributed by atoms with E-state index < -0.39 is 6.61 Å². The number of halogens is 2. The molecule has 1 rings (SSSR count). The number of alkyl halides is 2. The molecule has 0 unspecified atom stereocenters. The lowest BCUT2D eigenvalue weighted by atomic mass is 10.2. The molecule has 0 fully saturated rings. The topological polar surface area (TPSA) is 64.1 Å². The second kappa shape index (κ2) is 14.0. The number of benzene rings is 1. The van der Waals surface area contributed by atoms with E-state index in [1.54, 1.807) is 26.3 Å². The van der Waals surface area contributed by atoms with Gasteiger partial charge in [0.05, 0.1) is 6.61 Å². The highest BCUT2D eigenvalue weighted by molar-refractivity contribution is 5.79. The second-order valence-corrected chi connectivity index (χ2v) is 5.90. The molecule has 154 valence electrons. The van der Waals surface area contributed by atoms with Crippen LogP contribution in [0.15, 0.2) is 23.2 Å². The Kier molecular flexibility index (Phi) is 11.9. The Morgan fingerprint density at radius 2 is 1.96 bits per heavy atom. The minimum atomic E-state index is -2.89. The second-order valence-electron chi connectivity index (χ2n) is 5.90. The Labute approximate surface area is 160 Å². The summed E-state index contributed by atoms with van der Waals surface area (Å²) < 4.78 is 40.6. The number of hydrogen-bond donors (Lipinski definition) is 2. The van der Waals surface area contributed by atoms with Gasteiger partial charge in [0.1, 0.15) is 11.5 Å². The molecule has 0 radical (unpaired) electrons. The number of nitrogens with zero attached hydrogens (tertiary/aromatic N) is 1. The number of nitrogens with one attached hydrogen (secondary N) is 2. The van der Waals surface area contributed by atoms with Crippen molar-refractivity contribution in [1.29, 1.82) is 0 Å². The third kappa shape index (κ3) is 9.98. The SMILES string of the molecule is CCCOc1ccc(CNC(=NC)NCCCCCOC)c(OC(F)F)c1. The van der Waals surface area contributed by atoms with E-state index in [9.17, 15) is 8.78 Å². The first-order valence-corrected chi connectivity index (χ1v) is 9.24. The number of rotatable bonds is 13. The van der Waals surface area contributed by atoms with Gasteiger partial charge in [-0.2, -0.15) is 8.78 Å². The van der Waals surface area contributed by atoms with Gasteiger partial charge in [-0.15, -0.1) is 0 Å². The molecule has 6 nitrogen and oxygen atoms in total. The molecular formula is C19H31F2N3O3. The quantitative estimate of drug-likeness (QED) is 0.308. The van der Waals surface area contributed by atoms with Crippen molar-refractivity contribution < 1.29 is 23.0 Å². The molecule has 1 aromatic rings. The molecule has 2 N–H and O–H groups in total. The molecule has 0 heterocycles. The lowest BCUT2D eigenvalue weighted by Crippen LogP contribution is -2.37. The van der Waals surface area contributed by atoms with E-state index >= 15 is 0 Å². The number of hydrogen-bond acceptors (Lipinski definition) is 4. The minimum Gasteiger partial charge on any atom is -0.493 e. The van der Waals surface area contributed by atoms with Gasteiger partial charge in [-0.3, -0.25) is 4.99 Å². The molecular weight excluding hydrogens is 356 g/mol. The van der Waals surface area contributed by atoms with Gasteiger partial charge in [-0.1, -0.05) is 6.92 Å². The molecule has 8 heteroatoms. The molecule has 0 amide bonds. The Hall–Kier alpha value is -2.09. The highest BCUT2D eigenvalue weighted by Crippen LogP contribution is 2.26. The lowest BCUT2D eigenvalue weighted by molar-refractivity contribution is -0.0505. The fourth-order valence-corrected chi connectivity index (χ4v) is 2.35. The average molecular weight is 387 g/mol. The van der Waals surface area contributed by atoms with E-state index in [0.717, 1.165) is 38.8 Å². The fraction of sp³-hybridized carbons (Fsp3) is 0.632. The van der Waals surface area contributed by atoms with Gasteiger partial charge in [-0.25, -0.2) is 0 Å². The number of ether oxygens (including phenoxy) is 3. The Morgan fingerprint density at radius 3 is 2.63 bits per heavy atom. The number of unbranched alkanes of at least 4 members (excludes halogenated alkanes) is 2. The van der Waals surface area contributed by atoms with E-state index in [1.807, 2.05) is 6.92 Å². The normalized spacial score (nSPS) is 11.6. The van der Waals surface area contributed by atoms with Crippen LogP contribution in [-0.2, 0) is 11.3 Å². The molecule has 1 aromatic carbocycles. The van der Waals surface area contributed by atoms with Crippen molar-refractivity contribution in [2.75, 3.05) is 33.9 Å². The molecule has 0 aliphatic rings. The van der Waals surface area contributed by atoms with Crippen LogP contribution in [0.25, 0.3) is 0 Å². The predicted octanol–water partition coefficient (Wildman–Crippen LogP) is 3.56. The van der Waals surface area contributed by atoms with E-state index in [1.165, 1.54) is 6.07 Å². The highest BCUT2D eigenvalue weighted by Gasteiger charge is 2.12. The van der Waals surface area contributed by atoms with Crippen LogP contribution in [0.3, 0.4) is 0 Å². The maximum absolute atomic E-state index is 12.7. The summed E-state index contributed by atoms with van der Waals surface area (Å²) in [5, 5.41) is 6.31. The number of aliphatic imine (C=N–C) groups is 1. The molecule has 0 saturated heterocycles. The number of guanidine groups is 1. The van der Waals surface area contributed by atoms with Crippen LogP contribution in [0.4, 0.5) is 8.78 Å². The third-order valence-corrected chi connectivity index (χ3v) is 3.72. The zero-order chi connectivity index (χ0) is 19.9. The fourth-order valence-electron chi connectivity index (χ4n) is 2.35. The van der Waals surface area contributed by atoms with E-state index in [0.29, 0.717) is 30.4 Å². The first-order valence-electron chi connectivity index (χ1n) is 9.24. The Bertz CT molecular complexity index is 557. The van der Waals surface area contributed by atoms with Crippen LogP contribution < -0.4 is 20.1 Å². The zero-order valence-corrected chi connectivity index (χ0v) is 16.4. The number of methoxy groups -OCH3 is 1. The summed E-state index contributed by atoms with van der Waals surface area (Å²) in [4.78, 5) is 4.14. The van der Waals surface area contributed by atoms with E-state index in [-0.39, 0.29) is 5.75 Å². The highest BCUT2D eigenvalue weighted by atomic mass is 19.3. The first kappa shape index (κ1) is 23.0. The average Bonchev–Trinajstić information content (AvgIpc) is 2.65. The summed E-state index contributed by atoms with van der Waals surface area (Å²) in [6.07, 6.45) is 3.91. The van der Waals surface area contributed by atoms with Crippen molar-refractivity contribution in [3.63, 3.8) is 0 Å². The summed E-state index contributed by atoms with van der Waals surface area (Å²) in [7, 11) is 3.36. The van der Waals surface area contributed by atoms with Crippen LogP contribution in [0.2, 0.25) is 0 Å². The Balaban J connectivity index is 2.56. The van der Waals surface area contributed by atoms with Crippen molar-refractivity contribution in [3.05, 3.63) is 23.8 Å². The summed E-state index contributed by atoms with van der Waals surface area (Å²) in [6.45, 7) is 1.44. The van der Waals surface area contributed by atoms with Gasteiger partial charge in [-0.05, 0) is 37.8 Å². The molecule has 27 heavy (non-hydrogen) atoms. The van der Waals surface area contributed by atoms with Gasteiger partial charge in [0.25, 0.3) is 0 Å². The summed E-state index contributed by atoms with van der Waals surface area (Å²) >= 11 is 0. The molecule has 0 aromatic heterocycles. The van der Waals surface area contributed by atoms with Gasteiger partial charge in [0, 0.05) is 45.5 Å². The molecule has 0 aliphatic carbocycles. The van der Waals surface area contributed by atoms with Gasteiger partial charge in [0.15, 0.2) is 5.96 Å². The zero-order valence-electron chi connectivity index (χ0n) is 16.4. The largest absolute Gasteiger partial charge is 0.493 e. The monoisotopic (exact) mass is 387 g/mol. The van der Waals surface area contributed by atoms with E-state index in [2.05, 4.69) is 20.4 Å². The van der Waals surface area contributed by atoms with Crippen molar-refractivity contribution in [2.24, 2.45) is 4.99 Å². The van der Waals surface area contributed by atoms with Crippen molar-refractivity contribution in [2.45, 2.75) is 45.8 Å². The molecule has 0 atom stereocenters. The van der Waals surface area contributed by atoms with Crippen molar-refractivity contribution >= 4 is 5.96 Å². The van der Waals surface area contributed by atoms with Gasteiger partial charge >= 0.3 is 6.61 Å². The molecule has 0 saturated carbocycles. The van der Waals surface area contributed by atoms with Gasteiger partial charge < -0.3 is 24.8 Å². The van der Waals surface area contributed by atoms with Crippen LogP contribution in [0, 0.1) is 0 Å². The van der Waals surface area contributed by atoms with E-state index in [4.69, 9.17) is 9.47 Å².